The van der Waals surface area contributed by atoms with Gasteiger partial charge >= 0.3 is 6.18 Å². The van der Waals surface area contributed by atoms with Crippen LogP contribution in [0.3, 0.4) is 0 Å². The van der Waals surface area contributed by atoms with Gasteiger partial charge in [-0.3, -0.25) is 4.79 Å². The standard InChI is InChI=1S/C11H21F3N2O2/c1-3-10(4-2,8-17)6-16-9(18)5-15-7-11(12,13)14/h15,17H,3-8H2,1-2H3,(H,16,18). The van der Waals surface area contributed by atoms with Crippen molar-refractivity contribution in [1.29, 1.82) is 0 Å². The quantitative estimate of drug-likeness (QED) is 0.618. The van der Waals surface area contributed by atoms with Crippen molar-refractivity contribution in [3.8, 4) is 0 Å². The Kier molecular flexibility index (Phi) is 7.23. The van der Waals surface area contributed by atoms with E-state index in [2.05, 4.69) is 5.32 Å². The SMILES string of the molecule is CCC(CC)(CO)CNC(=O)CNCC(F)(F)F. The minimum Gasteiger partial charge on any atom is -0.396 e. The van der Waals surface area contributed by atoms with Crippen LogP contribution in [0.1, 0.15) is 26.7 Å². The second-order valence-electron chi connectivity index (χ2n) is 4.36. The van der Waals surface area contributed by atoms with E-state index in [1.807, 2.05) is 19.2 Å². The molecule has 1 amide bonds. The van der Waals surface area contributed by atoms with Crippen molar-refractivity contribution in [2.75, 3.05) is 26.2 Å². The lowest BCUT2D eigenvalue weighted by Crippen LogP contribution is -2.43. The summed E-state index contributed by atoms with van der Waals surface area (Å²) in [5, 5.41) is 13.8. The number of carbonyl (C=O) groups excluding carboxylic acids is 1. The highest BCUT2D eigenvalue weighted by Gasteiger charge is 2.27. The van der Waals surface area contributed by atoms with Crippen molar-refractivity contribution in [3.63, 3.8) is 0 Å². The molecule has 0 aliphatic carbocycles. The highest BCUT2D eigenvalue weighted by molar-refractivity contribution is 5.78. The molecule has 0 fully saturated rings. The monoisotopic (exact) mass is 270 g/mol. The molecular weight excluding hydrogens is 249 g/mol. The van der Waals surface area contributed by atoms with Crippen molar-refractivity contribution in [2.24, 2.45) is 5.41 Å². The van der Waals surface area contributed by atoms with Gasteiger partial charge in [0.15, 0.2) is 0 Å². The molecule has 0 aromatic heterocycles. The first kappa shape index (κ1) is 17.2. The third kappa shape index (κ3) is 6.80. The number of carbonyl (C=O) groups is 1. The third-order valence-electron chi connectivity index (χ3n) is 3.11. The van der Waals surface area contributed by atoms with E-state index in [0.717, 1.165) is 0 Å². The van der Waals surface area contributed by atoms with Crippen LogP contribution in [-0.4, -0.2) is 43.4 Å². The summed E-state index contributed by atoms with van der Waals surface area (Å²) in [6, 6.07) is 0. The number of nitrogens with one attached hydrogen (secondary N) is 2. The van der Waals surface area contributed by atoms with E-state index in [0.29, 0.717) is 12.8 Å². The van der Waals surface area contributed by atoms with Crippen LogP contribution < -0.4 is 10.6 Å². The minimum atomic E-state index is -4.32. The lowest BCUT2D eigenvalue weighted by molar-refractivity contribution is -0.128. The highest BCUT2D eigenvalue weighted by atomic mass is 19.4. The molecule has 0 aliphatic rings. The second-order valence-corrected chi connectivity index (χ2v) is 4.36. The van der Waals surface area contributed by atoms with Crippen molar-refractivity contribution in [1.82, 2.24) is 10.6 Å². The lowest BCUT2D eigenvalue weighted by Gasteiger charge is -2.29. The number of amides is 1. The zero-order valence-electron chi connectivity index (χ0n) is 10.7. The number of hydrogen-bond acceptors (Lipinski definition) is 3. The summed E-state index contributed by atoms with van der Waals surface area (Å²) in [6.45, 7) is 2.43. The van der Waals surface area contributed by atoms with E-state index < -0.39 is 18.6 Å². The average Bonchev–Trinajstić information content (AvgIpc) is 2.30. The lowest BCUT2D eigenvalue weighted by atomic mass is 9.83. The summed E-state index contributed by atoms with van der Waals surface area (Å²) in [7, 11) is 0. The summed E-state index contributed by atoms with van der Waals surface area (Å²) in [5.74, 6) is -0.501. The van der Waals surface area contributed by atoms with Gasteiger partial charge in [-0.2, -0.15) is 13.2 Å². The fourth-order valence-corrected chi connectivity index (χ4v) is 1.45. The zero-order valence-corrected chi connectivity index (χ0v) is 10.7. The molecule has 7 heteroatoms. The average molecular weight is 270 g/mol. The summed E-state index contributed by atoms with van der Waals surface area (Å²) in [6.07, 6.45) is -2.94. The van der Waals surface area contributed by atoms with Gasteiger partial charge < -0.3 is 15.7 Å². The molecule has 3 N–H and O–H groups in total. The molecule has 0 bridgehead atoms. The summed E-state index contributed by atoms with van der Waals surface area (Å²) in [4.78, 5) is 11.3. The number of aliphatic hydroxyl groups excluding tert-OH is 1. The van der Waals surface area contributed by atoms with Gasteiger partial charge in [0.05, 0.1) is 19.7 Å². The van der Waals surface area contributed by atoms with Gasteiger partial charge in [0.1, 0.15) is 0 Å². The Bertz CT molecular complexity index is 245. The molecule has 0 aliphatic heterocycles. The van der Waals surface area contributed by atoms with Crippen LogP contribution in [-0.2, 0) is 4.79 Å². The molecular formula is C11H21F3N2O2. The van der Waals surface area contributed by atoms with E-state index in [4.69, 9.17) is 0 Å². The summed E-state index contributed by atoms with van der Waals surface area (Å²) in [5.41, 5.74) is -0.389. The Labute approximate surface area is 105 Å². The maximum Gasteiger partial charge on any atom is 0.401 e. The third-order valence-corrected chi connectivity index (χ3v) is 3.11. The molecule has 18 heavy (non-hydrogen) atoms. The van der Waals surface area contributed by atoms with E-state index in [-0.39, 0.29) is 25.1 Å². The molecule has 4 nitrogen and oxygen atoms in total. The second kappa shape index (κ2) is 7.58. The van der Waals surface area contributed by atoms with Crippen LogP contribution in [0.4, 0.5) is 13.2 Å². The van der Waals surface area contributed by atoms with Crippen LogP contribution in [0, 0.1) is 5.41 Å². The van der Waals surface area contributed by atoms with Gasteiger partial charge in [0.2, 0.25) is 5.91 Å². The molecule has 0 heterocycles. The fraction of sp³-hybridized carbons (Fsp3) is 0.909. The van der Waals surface area contributed by atoms with Crippen molar-refractivity contribution >= 4 is 5.91 Å². The van der Waals surface area contributed by atoms with E-state index >= 15 is 0 Å². The first-order chi connectivity index (χ1) is 8.28. The van der Waals surface area contributed by atoms with Gasteiger partial charge in [0.25, 0.3) is 0 Å². The van der Waals surface area contributed by atoms with Crippen LogP contribution in [0.25, 0.3) is 0 Å². The number of aliphatic hydroxyl groups is 1. The largest absolute Gasteiger partial charge is 0.401 e. The Morgan fingerprint density at radius 1 is 1.17 bits per heavy atom. The minimum absolute atomic E-state index is 0.0593. The topological polar surface area (TPSA) is 61.4 Å². The highest BCUT2D eigenvalue weighted by Crippen LogP contribution is 2.24. The van der Waals surface area contributed by atoms with Crippen LogP contribution in [0.15, 0.2) is 0 Å². The number of alkyl halides is 3. The zero-order chi connectivity index (χ0) is 14.2. The van der Waals surface area contributed by atoms with E-state index in [9.17, 15) is 23.1 Å². The number of hydrogen-bond donors (Lipinski definition) is 3. The molecule has 0 rings (SSSR count). The Hall–Kier alpha value is -0.820. The smallest absolute Gasteiger partial charge is 0.396 e. The van der Waals surface area contributed by atoms with E-state index in [1.54, 1.807) is 0 Å². The molecule has 0 saturated heterocycles. The molecule has 108 valence electrons. The first-order valence-corrected chi connectivity index (χ1v) is 5.93. The van der Waals surface area contributed by atoms with Gasteiger partial charge in [0, 0.05) is 12.0 Å². The van der Waals surface area contributed by atoms with Crippen LogP contribution in [0.5, 0.6) is 0 Å². The van der Waals surface area contributed by atoms with Gasteiger partial charge in [-0.15, -0.1) is 0 Å². The molecule has 0 spiro atoms. The predicted octanol–water partition coefficient (Wildman–Crippen LogP) is 1.05. The maximum atomic E-state index is 11.8. The Morgan fingerprint density at radius 2 is 1.72 bits per heavy atom. The predicted molar refractivity (Wildman–Crippen MR) is 62.0 cm³/mol. The Balaban J connectivity index is 3.96. The van der Waals surface area contributed by atoms with Crippen molar-refractivity contribution in [3.05, 3.63) is 0 Å². The van der Waals surface area contributed by atoms with E-state index in [1.165, 1.54) is 0 Å². The normalized spacial score (nSPS) is 12.6. The summed E-state index contributed by atoms with van der Waals surface area (Å²) >= 11 is 0. The summed E-state index contributed by atoms with van der Waals surface area (Å²) < 4.78 is 35.5. The van der Waals surface area contributed by atoms with Gasteiger partial charge in [-0.1, -0.05) is 13.8 Å². The number of rotatable bonds is 8. The molecule has 0 radical (unpaired) electrons. The molecule has 0 aromatic carbocycles. The van der Waals surface area contributed by atoms with Crippen LogP contribution >= 0.6 is 0 Å². The van der Waals surface area contributed by atoms with Gasteiger partial charge in [-0.25, -0.2) is 0 Å². The molecule has 0 saturated carbocycles. The Morgan fingerprint density at radius 3 is 2.11 bits per heavy atom. The first-order valence-electron chi connectivity index (χ1n) is 5.93. The van der Waals surface area contributed by atoms with Crippen LogP contribution in [0.2, 0.25) is 0 Å². The van der Waals surface area contributed by atoms with Crippen molar-refractivity contribution < 1.29 is 23.1 Å². The van der Waals surface area contributed by atoms with Crippen molar-refractivity contribution in [2.45, 2.75) is 32.9 Å². The molecule has 0 unspecified atom stereocenters. The number of halogens is 3. The maximum absolute atomic E-state index is 11.8. The van der Waals surface area contributed by atoms with Gasteiger partial charge in [-0.05, 0) is 12.8 Å². The molecule has 0 aromatic rings. The molecule has 0 atom stereocenters. The fourth-order valence-electron chi connectivity index (χ4n) is 1.45.